The number of carbonyl (C=O) groups excluding carboxylic acids is 1. The standard InChI is InChI=1S/C16H24N8O/c1-4-17-16(20-10-14-21-11-22-24(14)3)18-8-7-15(25)23-13-6-5-12(2)9-19-13/h5-6,9,11H,4,7-8,10H2,1-3H3,(H2,17,18,20)(H,19,23,25). The lowest BCUT2D eigenvalue weighted by atomic mass is 10.3. The van der Waals surface area contributed by atoms with Crippen LogP contribution in [0.25, 0.3) is 0 Å². The number of aromatic nitrogens is 4. The highest BCUT2D eigenvalue weighted by molar-refractivity contribution is 5.90. The molecule has 0 radical (unpaired) electrons. The summed E-state index contributed by atoms with van der Waals surface area (Å²) in [6.45, 7) is 5.53. The van der Waals surface area contributed by atoms with Gasteiger partial charge < -0.3 is 16.0 Å². The predicted octanol–water partition coefficient (Wildman–Crippen LogP) is 0.602. The Balaban J connectivity index is 1.79. The lowest BCUT2D eigenvalue weighted by Crippen LogP contribution is -2.38. The van der Waals surface area contributed by atoms with Crippen LogP contribution in [0.15, 0.2) is 29.6 Å². The molecular formula is C16H24N8O. The Morgan fingerprint density at radius 3 is 2.76 bits per heavy atom. The van der Waals surface area contributed by atoms with Gasteiger partial charge in [-0.2, -0.15) is 5.10 Å². The van der Waals surface area contributed by atoms with Crippen molar-refractivity contribution in [3.8, 4) is 0 Å². The first-order valence-corrected chi connectivity index (χ1v) is 8.16. The molecule has 9 nitrogen and oxygen atoms in total. The van der Waals surface area contributed by atoms with Crippen LogP contribution in [0.2, 0.25) is 0 Å². The summed E-state index contributed by atoms with van der Waals surface area (Å²) in [5.41, 5.74) is 1.05. The smallest absolute Gasteiger partial charge is 0.227 e. The van der Waals surface area contributed by atoms with E-state index in [1.54, 1.807) is 16.9 Å². The van der Waals surface area contributed by atoms with E-state index in [-0.39, 0.29) is 5.91 Å². The highest BCUT2D eigenvalue weighted by atomic mass is 16.1. The van der Waals surface area contributed by atoms with Crippen LogP contribution < -0.4 is 16.0 Å². The average molecular weight is 344 g/mol. The van der Waals surface area contributed by atoms with Crippen LogP contribution in [0.5, 0.6) is 0 Å². The topological polar surface area (TPSA) is 109 Å². The molecule has 3 N–H and O–H groups in total. The zero-order chi connectivity index (χ0) is 18.1. The van der Waals surface area contributed by atoms with E-state index in [0.29, 0.717) is 31.3 Å². The summed E-state index contributed by atoms with van der Waals surface area (Å²) in [5, 5.41) is 13.0. The van der Waals surface area contributed by atoms with Gasteiger partial charge in [0.2, 0.25) is 5.91 Å². The molecule has 2 aromatic heterocycles. The maximum absolute atomic E-state index is 12.0. The minimum absolute atomic E-state index is 0.104. The van der Waals surface area contributed by atoms with Crippen molar-refractivity contribution in [3.63, 3.8) is 0 Å². The molecule has 0 aliphatic heterocycles. The second-order valence-electron chi connectivity index (χ2n) is 5.44. The van der Waals surface area contributed by atoms with Gasteiger partial charge in [0, 0.05) is 32.8 Å². The van der Waals surface area contributed by atoms with Crippen molar-refractivity contribution < 1.29 is 4.79 Å². The fourth-order valence-electron chi connectivity index (χ4n) is 2.00. The summed E-state index contributed by atoms with van der Waals surface area (Å²) in [7, 11) is 1.82. The number of guanidine groups is 1. The average Bonchev–Trinajstić information content (AvgIpc) is 3.00. The minimum Gasteiger partial charge on any atom is -0.357 e. The second kappa shape index (κ2) is 9.36. The molecule has 134 valence electrons. The molecule has 2 aromatic rings. The number of carbonyl (C=O) groups is 1. The minimum atomic E-state index is -0.104. The molecule has 0 saturated heterocycles. The molecule has 2 heterocycles. The zero-order valence-electron chi connectivity index (χ0n) is 14.8. The molecule has 0 aliphatic carbocycles. The van der Waals surface area contributed by atoms with Crippen molar-refractivity contribution in [1.29, 1.82) is 0 Å². The SMILES string of the molecule is CCNC(=NCc1ncnn1C)NCCC(=O)Nc1ccc(C)cn1. The van der Waals surface area contributed by atoms with Gasteiger partial charge in [-0.15, -0.1) is 0 Å². The van der Waals surface area contributed by atoms with E-state index in [1.165, 1.54) is 6.33 Å². The largest absolute Gasteiger partial charge is 0.357 e. The van der Waals surface area contributed by atoms with Crippen molar-refractivity contribution in [2.24, 2.45) is 12.0 Å². The van der Waals surface area contributed by atoms with Gasteiger partial charge in [0.05, 0.1) is 0 Å². The molecule has 0 fully saturated rings. The fourth-order valence-corrected chi connectivity index (χ4v) is 2.00. The number of nitrogens with one attached hydrogen (secondary N) is 3. The normalized spacial score (nSPS) is 11.2. The van der Waals surface area contributed by atoms with Gasteiger partial charge in [0.25, 0.3) is 0 Å². The van der Waals surface area contributed by atoms with E-state index >= 15 is 0 Å². The number of aliphatic imine (C=N–C) groups is 1. The Morgan fingerprint density at radius 1 is 1.28 bits per heavy atom. The first-order chi connectivity index (χ1) is 12.1. The van der Waals surface area contributed by atoms with Crippen LogP contribution in [0.3, 0.4) is 0 Å². The van der Waals surface area contributed by atoms with Crippen molar-refractivity contribution in [3.05, 3.63) is 36.0 Å². The van der Waals surface area contributed by atoms with Gasteiger partial charge in [-0.05, 0) is 25.5 Å². The third-order valence-electron chi connectivity index (χ3n) is 3.35. The maximum Gasteiger partial charge on any atom is 0.227 e. The number of nitrogens with zero attached hydrogens (tertiary/aromatic N) is 5. The molecule has 1 amide bonds. The highest BCUT2D eigenvalue weighted by Gasteiger charge is 2.05. The molecule has 2 rings (SSSR count). The summed E-state index contributed by atoms with van der Waals surface area (Å²) < 4.78 is 1.68. The van der Waals surface area contributed by atoms with E-state index in [4.69, 9.17) is 0 Å². The summed E-state index contributed by atoms with van der Waals surface area (Å²) in [6.07, 6.45) is 3.52. The molecule has 9 heteroatoms. The molecule has 0 bridgehead atoms. The first kappa shape index (κ1) is 18.4. The van der Waals surface area contributed by atoms with Crippen molar-refractivity contribution >= 4 is 17.7 Å². The quantitative estimate of drug-likeness (QED) is 0.501. The summed E-state index contributed by atoms with van der Waals surface area (Å²) in [4.78, 5) is 24.7. The Kier molecular flexibility index (Phi) is 6.87. The van der Waals surface area contributed by atoms with E-state index in [2.05, 4.69) is 36.0 Å². The number of hydrogen-bond acceptors (Lipinski definition) is 5. The first-order valence-electron chi connectivity index (χ1n) is 8.16. The molecule has 0 unspecified atom stereocenters. The number of pyridine rings is 1. The third-order valence-corrected chi connectivity index (χ3v) is 3.35. The third kappa shape index (κ3) is 6.21. The zero-order valence-corrected chi connectivity index (χ0v) is 14.8. The highest BCUT2D eigenvalue weighted by Crippen LogP contribution is 2.03. The van der Waals surface area contributed by atoms with E-state index in [1.807, 2.05) is 27.0 Å². The van der Waals surface area contributed by atoms with Crippen LogP contribution in [-0.2, 0) is 18.4 Å². The van der Waals surface area contributed by atoms with Crippen LogP contribution >= 0.6 is 0 Å². The van der Waals surface area contributed by atoms with Gasteiger partial charge in [-0.1, -0.05) is 6.07 Å². The van der Waals surface area contributed by atoms with Crippen LogP contribution in [0, 0.1) is 6.92 Å². The number of anilines is 1. The summed E-state index contributed by atoms with van der Waals surface area (Å²) in [6, 6.07) is 3.69. The Bertz CT molecular complexity index is 707. The van der Waals surface area contributed by atoms with Gasteiger partial charge in [-0.3, -0.25) is 9.48 Å². The molecule has 0 atom stereocenters. The number of aryl methyl sites for hydroxylation is 2. The Hall–Kier alpha value is -2.97. The van der Waals surface area contributed by atoms with Crippen LogP contribution in [0.1, 0.15) is 24.7 Å². The monoisotopic (exact) mass is 344 g/mol. The maximum atomic E-state index is 12.0. The van der Waals surface area contributed by atoms with Gasteiger partial charge in [0.15, 0.2) is 5.96 Å². The summed E-state index contributed by atoms with van der Waals surface area (Å²) in [5.74, 6) is 1.85. The molecule has 0 spiro atoms. The van der Waals surface area contributed by atoms with Crippen molar-refractivity contribution in [2.75, 3.05) is 18.4 Å². The number of amides is 1. The van der Waals surface area contributed by atoms with Crippen molar-refractivity contribution in [1.82, 2.24) is 30.4 Å². The number of hydrogen-bond donors (Lipinski definition) is 3. The lowest BCUT2D eigenvalue weighted by molar-refractivity contribution is -0.116. The molecule has 0 aliphatic rings. The van der Waals surface area contributed by atoms with Gasteiger partial charge in [-0.25, -0.2) is 15.0 Å². The van der Waals surface area contributed by atoms with Gasteiger partial charge in [0.1, 0.15) is 24.5 Å². The lowest BCUT2D eigenvalue weighted by Gasteiger charge is -2.11. The van der Waals surface area contributed by atoms with E-state index in [0.717, 1.165) is 17.9 Å². The molecule has 25 heavy (non-hydrogen) atoms. The van der Waals surface area contributed by atoms with E-state index in [9.17, 15) is 4.79 Å². The predicted molar refractivity (Wildman–Crippen MR) is 96.0 cm³/mol. The van der Waals surface area contributed by atoms with Crippen molar-refractivity contribution in [2.45, 2.75) is 26.8 Å². The summed E-state index contributed by atoms with van der Waals surface area (Å²) >= 11 is 0. The second-order valence-corrected chi connectivity index (χ2v) is 5.44. The van der Waals surface area contributed by atoms with Crippen LogP contribution in [0.4, 0.5) is 5.82 Å². The molecule has 0 saturated carbocycles. The van der Waals surface area contributed by atoms with Crippen LogP contribution in [-0.4, -0.2) is 44.7 Å². The Labute approximate surface area is 147 Å². The fraction of sp³-hybridized carbons (Fsp3) is 0.438. The molecule has 0 aromatic carbocycles. The molecular weight excluding hydrogens is 320 g/mol. The van der Waals surface area contributed by atoms with Gasteiger partial charge >= 0.3 is 0 Å². The Morgan fingerprint density at radius 2 is 2.12 bits per heavy atom. The van der Waals surface area contributed by atoms with E-state index < -0.39 is 0 Å². The number of rotatable bonds is 7.